The van der Waals surface area contributed by atoms with Crippen molar-refractivity contribution in [2.75, 3.05) is 7.11 Å². The number of fused-ring (bicyclic) bond motifs is 1. The number of hydrogen-bond acceptors (Lipinski definition) is 5. The molecule has 3 rings (SSSR count). The van der Waals surface area contributed by atoms with Crippen LogP contribution in [0.15, 0.2) is 51.8 Å². The molecule has 0 atom stereocenters. The van der Waals surface area contributed by atoms with Crippen molar-refractivity contribution < 1.29 is 17.9 Å². The molecular formula is C18H18N2O4S2. The van der Waals surface area contributed by atoms with Gasteiger partial charge in [-0.3, -0.25) is 4.79 Å². The van der Waals surface area contributed by atoms with E-state index in [2.05, 4.69) is 4.40 Å². The molecular weight excluding hydrogens is 372 g/mol. The third-order valence-corrected chi connectivity index (χ3v) is 6.49. The monoisotopic (exact) mass is 390 g/mol. The van der Waals surface area contributed by atoms with Gasteiger partial charge in [0.15, 0.2) is 0 Å². The van der Waals surface area contributed by atoms with E-state index in [9.17, 15) is 13.2 Å². The second kappa shape index (κ2) is 7.05. The van der Waals surface area contributed by atoms with Crippen LogP contribution in [0.25, 0.3) is 10.2 Å². The van der Waals surface area contributed by atoms with Crippen LogP contribution in [0.2, 0.25) is 0 Å². The lowest BCUT2D eigenvalue weighted by molar-refractivity contribution is -0.141. The minimum Gasteiger partial charge on any atom is -0.468 e. The number of ether oxygens (including phenoxy) is 1. The number of rotatable bonds is 4. The summed E-state index contributed by atoms with van der Waals surface area (Å²) in [5.41, 5.74) is 2.89. The number of esters is 1. The highest BCUT2D eigenvalue weighted by atomic mass is 32.2. The maximum Gasteiger partial charge on any atom is 0.325 e. The summed E-state index contributed by atoms with van der Waals surface area (Å²) in [7, 11) is -2.59. The van der Waals surface area contributed by atoms with Gasteiger partial charge in [-0.1, -0.05) is 29.5 Å². The second-order valence-electron chi connectivity index (χ2n) is 5.83. The molecule has 0 aliphatic heterocycles. The Bertz CT molecular complexity index is 1140. The van der Waals surface area contributed by atoms with Crippen LogP contribution in [0, 0.1) is 13.8 Å². The highest BCUT2D eigenvalue weighted by Crippen LogP contribution is 2.22. The molecule has 1 aromatic heterocycles. The first-order valence-electron chi connectivity index (χ1n) is 7.85. The topological polar surface area (TPSA) is 77.7 Å². The first-order valence-corrected chi connectivity index (χ1v) is 10.1. The largest absolute Gasteiger partial charge is 0.468 e. The van der Waals surface area contributed by atoms with Crippen molar-refractivity contribution in [2.45, 2.75) is 25.3 Å². The van der Waals surface area contributed by atoms with Crippen LogP contribution in [0.5, 0.6) is 0 Å². The van der Waals surface area contributed by atoms with Crippen molar-refractivity contribution in [2.24, 2.45) is 4.40 Å². The summed E-state index contributed by atoms with van der Waals surface area (Å²) in [6.07, 6.45) is 0. The highest BCUT2D eigenvalue weighted by molar-refractivity contribution is 7.90. The number of sulfonamides is 1. The van der Waals surface area contributed by atoms with Crippen LogP contribution < -0.4 is 4.80 Å². The molecule has 0 radical (unpaired) electrons. The molecule has 0 unspecified atom stereocenters. The molecule has 0 aliphatic rings. The van der Waals surface area contributed by atoms with Gasteiger partial charge in [-0.05, 0) is 49.2 Å². The summed E-state index contributed by atoms with van der Waals surface area (Å²) >= 11 is 1.23. The third-order valence-electron chi connectivity index (χ3n) is 4.05. The predicted octanol–water partition coefficient (Wildman–Crippen LogP) is 2.78. The van der Waals surface area contributed by atoms with Crippen LogP contribution in [0.1, 0.15) is 11.1 Å². The maximum atomic E-state index is 12.6. The average molecular weight is 390 g/mol. The number of carbonyl (C=O) groups excluding carboxylic acids is 1. The van der Waals surface area contributed by atoms with Crippen LogP contribution >= 0.6 is 11.3 Å². The van der Waals surface area contributed by atoms with Gasteiger partial charge >= 0.3 is 5.97 Å². The molecule has 1 heterocycles. The normalized spacial score (nSPS) is 12.5. The molecule has 6 nitrogen and oxygen atoms in total. The molecule has 2 aromatic carbocycles. The Balaban J connectivity index is 2.27. The number of carbonyl (C=O) groups is 1. The Kier molecular flexibility index (Phi) is 4.97. The van der Waals surface area contributed by atoms with E-state index in [-0.39, 0.29) is 16.2 Å². The Labute approximate surface area is 155 Å². The van der Waals surface area contributed by atoms with E-state index in [0.29, 0.717) is 0 Å². The van der Waals surface area contributed by atoms with Gasteiger partial charge in [0, 0.05) is 0 Å². The standard InChI is InChI=1S/C18H18N2O4S2/c1-12-9-15-16(10-13(12)2)25-18(20(15)11-17(21)24-3)19-26(22,23)14-7-5-4-6-8-14/h4-10H,11H2,1-3H3. The van der Waals surface area contributed by atoms with Gasteiger partial charge in [-0.15, -0.1) is 4.40 Å². The van der Waals surface area contributed by atoms with Gasteiger partial charge in [-0.25, -0.2) is 0 Å². The van der Waals surface area contributed by atoms with E-state index in [4.69, 9.17) is 4.74 Å². The molecule has 0 bridgehead atoms. The zero-order valence-corrected chi connectivity index (χ0v) is 16.2. The summed E-state index contributed by atoms with van der Waals surface area (Å²) in [4.78, 5) is 12.2. The smallest absolute Gasteiger partial charge is 0.325 e. The molecule has 136 valence electrons. The van der Waals surface area contributed by atoms with E-state index in [1.807, 2.05) is 26.0 Å². The number of nitrogens with zero attached hydrogens (tertiary/aromatic N) is 2. The SMILES string of the molecule is COC(=O)Cn1c(=NS(=O)(=O)c2ccccc2)sc2cc(C)c(C)cc21. The second-order valence-corrected chi connectivity index (χ2v) is 8.44. The number of benzene rings is 2. The van der Waals surface area contributed by atoms with Crippen LogP contribution in [0.3, 0.4) is 0 Å². The molecule has 0 N–H and O–H groups in total. The Morgan fingerprint density at radius 3 is 2.46 bits per heavy atom. The molecule has 0 saturated heterocycles. The molecule has 26 heavy (non-hydrogen) atoms. The number of hydrogen-bond donors (Lipinski definition) is 0. The molecule has 0 spiro atoms. The molecule has 3 aromatic rings. The highest BCUT2D eigenvalue weighted by Gasteiger charge is 2.16. The molecule has 0 saturated carbocycles. The summed E-state index contributed by atoms with van der Waals surface area (Å²) in [5.74, 6) is -0.471. The van der Waals surface area contributed by atoms with E-state index < -0.39 is 16.0 Å². The van der Waals surface area contributed by atoms with E-state index in [1.165, 1.54) is 30.6 Å². The van der Waals surface area contributed by atoms with Gasteiger partial charge in [0.1, 0.15) is 6.54 Å². The lowest BCUT2D eigenvalue weighted by atomic mass is 10.1. The molecule has 8 heteroatoms. The zero-order chi connectivity index (χ0) is 18.9. The number of methoxy groups -OCH3 is 1. The lowest BCUT2D eigenvalue weighted by Gasteiger charge is -2.05. The average Bonchev–Trinajstić information content (AvgIpc) is 2.92. The predicted molar refractivity (Wildman–Crippen MR) is 100 cm³/mol. The van der Waals surface area contributed by atoms with Crippen LogP contribution in [-0.4, -0.2) is 26.1 Å². The zero-order valence-electron chi connectivity index (χ0n) is 14.6. The van der Waals surface area contributed by atoms with Gasteiger partial charge in [-0.2, -0.15) is 8.42 Å². The van der Waals surface area contributed by atoms with Crippen LogP contribution in [0.4, 0.5) is 0 Å². The van der Waals surface area contributed by atoms with Gasteiger partial charge in [0.05, 0.1) is 22.2 Å². The number of aromatic nitrogens is 1. The van der Waals surface area contributed by atoms with Gasteiger partial charge in [0.25, 0.3) is 10.0 Å². The van der Waals surface area contributed by atoms with Crippen molar-refractivity contribution in [3.8, 4) is 0 Å². The van der Waals surface area contributed by atoms with E-state index in [0.717, 1.165) is 21.3 Å². The fourth-order valence-corrected chi connectivity index (χ4v) is 4.82. The van der Waals surface area contributed by atoms with E-state index >= 15 is 0 Å². The number of aryl methyl sites for hydroxylation is 2. The molecule has 0 aliphatic carbocycles. The number of thiazole rings is 1. The van der Waals surface area contributed by atoms with Crippen molar-refractivity contribution in [3.05, 3.63) is 58.4 Å². The summed E-state index contributed by atoms with van der Waals surface area (Å²) in [5, 5.41) is 0. The minimum absolute atomic E-state index is 0.106. The first kappa shape index (κ1) is 18.3. The first-order chi connectivity index (χ1) is 12.3. The van der Waals surface area contributed by atoms with Gasteiger partial charge in [0.2, 0.25) is 4.80 Å². The van der Waals surface area contributed by atoms with Crippen LogP contribution in [-0.2, 0) is 26.1 Å². The van der Waals surface area contributed by atoms with Crippen molar-refractivity contribution in [1.29, 1.82) is 0 Å². The Morgan fingerprint density at radius 1 is 1.15 bits per heavy atom. The fourth-order valence-electron chi connectivity index (χ4n) is 2.49. The summed E-state index contributed by atoms with van der Waals surface area (Å²) < 4.78 is 36.4. The van der Waals surface area contributed by atoms with Crippen molar-refractivity contribution >= 4 is 37.5 Å². The lowest BCUT2D eigenvalue weighted by Crippen LogP contribution is -2.22. The fraction of sp³-hybridized carbons (Fsp3) is 0.222. The summed E-state index contributed by atoms with van der Waals surface area (Å²) in [6.45, 7) is 3.84. The van der Waals surface area contributed by atoms with Crippen molar-refractivity contribution in [1.82, 2.24) is 4.57 Å². The molecule has 0 amide bonds. The summed E-state index contributed by atoms with van der Waals surface area (Å²) in [6, 6.07) is 11.9. The van der Waals surface area contributed by atoms with Gasteiger partial charge < -0.3 is 9.30 Å². The molecule has 0 fully saturated rings. The Hall–Kier alpha value is -2.45. The van der Waals surface area contributed by atoms with Crippen molar-refractivity contribution in [3.63, 3.8) is 0 Å². The minimum atomic E-state index is -3.88. The third kappa shape index (κ3) is 3.56. The quantitative estimate of drug-likeness (QED) is 0.642. The van der Waals surface area contributed by atoms with E-state index in [1.54, 1.807) is 22.8 Å². The maximum absolute atomic E-state index is 12.6. The Morgan fingerprint density at radius 2 is 1.81 bits per heavy atom.